The van der Waals surface area contributed by atoms with Crippen molar-refractivity contribution >= 4 is 102 Å². The summed E-state index contributed by atoms with van der Waals surface area (Å²) < 4.78 is 72.1. The normalized spacial score (nSPS) is 14.9. The highest BCUT2D eigenvalue weighted by Gasteiger charge is 2.36. The van der Waals surface area contributed by atoms with Crippen molar-refractivity contribution in [2.24, 2.45) is 0 Å². The molecule has 0 radical (unpaired) electrons. The van der Waals surface area contributed by atoms with Crippen LogP contribution in [0.4, 0.5) is 17.6 Å². The first-order chi connectivity index (χ1) is 22.1. The molecule has 0 saturated carbocycles. The van der Waals surface area contributed by atoms with Gasteiger partial charge in [-0.25, -0.2) is 0 Å². The second kappa shape index (κ2) is 18.5. The lowest BCUT2D eigenvalue weighted by molar-refractivity contribution is 0.0882. The van der Waals surface area contributed by atoms with Crippen molar-refractivity contribution in [1.82, 2.24) is 4.57 Å². The second-order valence-corrected chi connectivity index (χ2v) is 18.5. The van der Waals surface area contributed by atoms with Crippen molar-refractivity contribution in [3.63, 3.8) is 0 Å². The third-order valence-electron chi connectivity index (χ3n) is 7.22. The third kappa shape index (κ3) is 11.4. The molecule has 0 aliphatic heterocycles. The highest BCUT2D eigenvalue weighted by molar-refractivity contribution is 14.1. The minimum atomic E-state index is -4.10. The van der Waals surface area contributed by atoms with Crippen LogP contribution in [0.3, 0.4) is 0 Å². The quantitative estimate of drug-likeness (QED) is 0.0358. The first-order valence-electron chi connectivity index (χ1n) is 14.6. The Kier molecular flexibility index (Phi) is 16.1. The Morgan fingerprint density at radius 1 is 0.957 bits per heavy atom. The Morgan fingerprint density at radius 2 is 1.64 bits per heavy atom. The van der Waals surface area contributed by atoms with Crippen LogP contribution in [0, 0.1) is 12.3 Å². The minimum absolute atomic E-state index is 0.0202. The van der Waals surface area contributed by atoms with Crippen LogP contribution >= 0.6 is 91.0 Å². The molecule has 3 aromatic rings. The molecule has 0 saturated heterocycles. The fraction of sp³-hybridized carbons (Fsp3) is 0.382. The standard InChI is InChI=1S/C34H32Cl2F4I3NO2S/c1-3-5-6-7-8-9-10-14-29(41)30(42)32(43)47(46)24-13-11-12-22(18-24)26-20-44(17-4-2)21-27(31(26)45)25-16-15-23(33(35,37)38)19-28(25)34(36,39)40/h2,8-9,11-13,15-16,18-21,29-30,32H,3,5-7,10,14,17H2,1H3. The number of hydrogen-bond acceptors (Lipinski definition) is 2. The van der Waals surface area contributed by atoms with E-state index in [-0.39, 0.29) is 34.3 Å². The molecule has 0 spiro atoms. The monoisotopic (exact) mass is 1040 g/mol. The van der Waals surface area contributed by atoms with Crippen LogP contribution in [0.25, 0.3) is 22.3 Å². The van der Waals surface area contributed by atoms with Gasteiger partial charge in [-0.1, -0.05) is 130 Å². The first kappa shape index (κ1) is 40.8. The summed E-state index contributed by atoms with van der Waals surface area (Å²) in [7, 11) is -1.44. The highest BCUT2D eigenvalue weighted by atomic mass is 127. The summed E-state index contributed by atoms with van der Waals surface area (Å²) in [5.74, 6) is 2.45. The van der Waals surface area contributed by atoms with Crippen molar-refractivity contribution < 1.29 is 21.8 Å². The molecule has 0 aliphatic carbocycles. The van der Waals surface area contributed by atoms with Gasteiger partial charge >= 0.3 is 10.8 Å². The van der Waals surface area contributed by atoms with E-state index in [9.17, 15) is 26.6 Å². The van der Waals surface area contributed by atoms with Crippen LogP contribution in [-0.2, 0) is 28.1 Å². The fourth-order valence-electron chi connectivity index (χ4n) is 4.78. The summed E-state index contributed by atoms with van der Waals surface area (Å²) in [6, 6.07) is 8.99. The molecule has 1 heterocycles. The Morgan fingerprint density at radius 3 is 2.28 bits per heavy atom. The number of unbranched alkanes of at least 4 members (excludes halogenated alkanes) is 3. The van der Waals surface area contributed by atoms with E-state index in [1.807, 2.05) is 0 Å². The number of nitrogens with zero attached hydrogens (tertiary/aromatic N) is 1. The van der Waals surface area contributed by atoms with Crippen molar-refractivity contribution in [1.29, 1.82) is 0 Å². The molecule has 3 nitrogen and oxygen atoms in total. The zero-order chi connectivity index (χ0) is 34.9. The molecule has 1 aromatic heterocycles. The molecule has 254 valence electrons. The molecule has 47 heavy (non-hydrogen) atoms. The maximum atomic E-state index is 14.6. The predicted molar refractivity (Wildman–Crippen MR) is 212 cm³/mol. The first-order valence-corrected chi connectivity index (χ1v) is 20.3. The lowest BCUT2D eigenvalue weighted by Gasteiger charge is -2.22. The Bertz CT molecular complexity index is 1690. The highest BCUT2D eigenvalue weighted by Crippen LogP contribution is 2.43. The number of allylic oxidation sites excluding steroid dienone is 2. The molecule has 0 bridgehead atoms. The number of rotatable bonds is 16. The second-order valence-electron chi connectivity index (χ2n) is 10.7. The van der Waals surface area contributed by atoms with E-state index in [2.05, 4.69) is 92.8 Å². The zero-order valence-corrected chi connectivity index (χ0v) is 34.0. The largest absolute Gasteiger partial charge is 0.348 e. The molecule has 0 aliphatic rings. The molecule has 4 atom stereocenters. The van der Waals surface area contributed by atoms with Gasteiger partial charge in [-0.2, -0.15) is 17.6 Å². The van der Waals surface area contributed by atoms with Gasteiger partial charge in [0.2, 0.25) is 0 Å². The number of alkyl halides is 9. The van der Waals surface area contributed by atoms with Crippen LogP contribution in [0.5, 0.6) is 0 Å². The number of terminal acetylenes is 1. The van der Waals surface area contributed by atoms with Gasteiger partial charge in [0.25, 0.3) is 0 Å². The van der Waals surface area contributed by atoms with Gasteiger partial charge in [-0.3, -0.25) is 9.00 Å². The van der Waals surface area contributed by atoms with Crippen molar-refractivity contribution in [3.05, 3.63) is 88.4 Å². The summed E-state index contributed by atoms with van der Waals surface area (Å²) in [6.07, 6.45) is 19.3. The third-order valence-corrected chi connectivity index (χ3v) is 17.5. The van der Waals surface area contributed by atoms with Crippen LogP contribution in [0.15, 0.2) is 76.7 Å². The van der Waals surface area contributed by atoms with E-state index in [0.29, 0.717) is 16.5 Å². The van der Waals surface area contributed by atoms with Crippen molar-refractivity contribution in [3.8, 4) is 34.6 Å². The van der Waals surface area contributed by atoms with E-state index >= 15 is 0 Å². The predicted octanol–water partition coefficient (Wildman–Crippen LogP) is 11.8. The average molecular weight is 1050 g/mol. The van der Waals surface area contributed by atoms with Crippen LogP contribution in [-0.4, -0.2) is 19.9 Å². The molecular weight excluding hydrogens is 1010 g/mol. The summed E-state index contributed by atoms with van der Waals surface area (Å²) in [5, 5.41) is -8.04. The molecule has 0 N–H and O–H groups in total. The lowest BCUT2D eigenvalue weighted by atomic mass is 9.95. The zero-order valence-electron chi connectivity index (χ0n) is 25.2. The van der Waals surface area contributed by atoms with Crippen LogP contribution < -0.4 is 5.43 Å². The number of halogens is 9. The smallest absolute Gasteiger partial charge is 0.341 e. The number of aromatic nitrogens is 1. The molecule has 2 aromatic carbocycles. The van der Waals surface area contributed by atoms with Gasteiger partial charge in [-0.15, -0.1) is 6.42 Å². The minimum Gasteiger partial charge on any atom is -0.341 e. The number of pyridine rings is 1. The number of benzene rings is 2. The van der Waals surface area contributed by atoms with Crippen molar-refractivity contribution in [2.45, 2.75) is 78.8 Å². The maximum Gasteiger partial charge on any atom is 0.348 e. The van der Waals surface area contributed by atoms with Gasteiger partial charge < -0.3 is 4.57 Å². The van der Waals surface area contributed by atoms with E-state index in [0.717, 1.165) is 31.4 Å². The summed E-state index contributed by atoms with van der Waals surface area (Å²) in [5.41, 5.74) is -2.66. The Hall–Kier alpha value is -0.670. The average Bonchev–Trinajstić information content (AvgIpc) is 3.03. The Labute approximate surface area is 326 Å². The molecule has 3 rings (SSSR count). The van der Waals surface area contributed by atoms with Crippen LogP contribution in [0.2, 0.25) is 0 Å². The summed E-state index contributed by atoms with van der Waals surface area (Å²) in [6.45, 7) is 2.16. The van der Waals surface area contributed by atoms with Gasteiger partial charge in [0.1, 0.15) is 3.26 Å². The molecule has 0 fully saturated rings. The SMILES string of the molecule is C#CCn1cc(-c2cccc(S(=O)C(I)C(I)C(I)CCC=CCCCCC)c2)c(=O)c(-c2ccc(C(F)(F)Cl)cc2C(F)(F)Cl)c1. The number of hydrogen-bond donors (Lipinski definition) is 0. The van der Waals surface area contributed by atoms with E-state index in [1.54, 1.807) is 24.3 Å². The maximum absolute atomic E-state index is 14.6. The lowest BCUT2D eigenvalue weighted by Crippen LogP contribution is -2.27. The van der Waals surface area contributed by atoms with Gasteiger partial charge in [0, 0.05) is 47.4 Å². The van der Waals surface area contributed by atoms with E-state index in [1.165, 1.54) is 36.2 Å². The topological polar surface area (TPSA) is 39.1 Å². The van der Waals surface area contributed by atoms with Gasteiger partial charge in [-0.05, 0) is 78.2 Å². The Balaban J connectivity index is 1.97. The fourth-order valence-corrected chi connectivity index (χ4v) is 10.6. The molecular formula is C34H32Cl2F4I3NO2S. The van der Waals surface area contributed by atoms with E-state index in [4.69, 9.17) is 29.6 Å². The van der Waals surface area contributed by atoms with Crippen molar-refractivity contribution in [2.75, 3.05) is 0 Å². The van der Waals surface area contributed by atoms with Gasteiger partial charge in [0.15, 0.2) is 5.43 Å². The van der Waals surface area contributed by atoms with Gasteiger partial charge in [0.05, 0.1) is 17.3 Å². The summed E-state index contributed by atoms with van der Waals surface area (Å²) in [4.78, 5) is 14.4. The van der Waals surface area contributed by atoms with Crippen LogP contribution in [0.1, 0.15) is 56.6 Å². The molecule has 13 heteroatoms. The molecule has 0 amide bonds. The van der Waals surface area contributed by atoms with E-state index < -0.39 is 38.1 Å². The summed E-state index contributed by atoms with van der Waals surface area (Å²) >= 11 is 17.4. The molecule has 4 unspecified atom stereocenters.